The lowest BCUT2D eigenvalue weighted by Crippen LogP contribution is -2.42. The number of hydrogen-bond donors (Lipinski definition) is 1. The zero-order chi connectivity index (χ0) is 22.1. The molecule has 1 heterocycles. The van der Waals surface area contributed by atoms with Crippen LogP contribution in [0.1, 0.15) is 55.6 Å². The smallest absolute Gasteiger partial charge is 0.255 e. The van der Waals surface area contributed by atoms with E-state index in [1.807, 2.05) is 69.0 Å². The molecule has 0 radical (unpaired) electrons. The molecule has 3 rings (SSSR count). The van der Waals surface area contributed by atoms with E-state index in [1.165, 1.54) is 0 Å². The SMILES string of the molecule is Cc1ccc(C(=O)Nc2ccc3c(c2)N(CCC(C)C)C(=O)C(C)(C)CO3)c(C)c1. The van der Waals surface area contributed by atoms with Crippen LogP contribution in [0.2, 0.25) is 0 Å². The second-order valence-corrected chi connectivity index (χ2v) is 9.27. The highest BCUT2D eigenvalue weighted by Gasteiger charge is 2.37. The summed E-state index contributed by atoms with van der Waals surface area (Å²) in [5.74, 6) is 1.02. The largest absolute Gasteiger partial charge is 0.490 e. The normalized spacial score (nSPS) is 15.4. The van der Waals surface area contributed by atoms with Crippen molar-refractivity contribution in [3.8, 4) is 5.75 Å². The zero-order valence-corrected chi connectivity index (χ0v) is 18.8. The van der Waals surface area contributed by atoms with Crippen LogP contribution in [0, 0.1) is 25.2 Å². The number of fused-ring (bicyclic) bond motifs is 1. The van der Waals surface area contributed by atoms with Crippen LogP contribution in [-0.2, 0) is 4.79 Å². The summed E-state index contributed by atoms with van der Waals surface area (Å²) in [7, 11) is 0. The van der Waals surface area contributed by atoms with Gasteiger partial charge in [-0.25, -0.2) is 0 Å². The summed E-state index contributed by atoms with van der Waals surface area (Å²) in [5, 5.41) is 2.98. The predicted octanol–water partition coefficient (Wildman–Crippen LogP) is 5.35. The Morgan fingerprint density at radius 2 is 1.90 bits per heavy atom. The third-order valence-corrected chi connectivity index (χ3v) is 5.48. The number of hydrogen-bond acceptors (Lipinski definition) is 3. The molecular weight excluding hydrogens is 376 g/mol. The van der Waals surface area contributed by atoms with E-state index in [0.29, 0.717) is 41.8 Å². The minimum atomic E-state index is -0.613. The van der Waals surface area contributed by atoms with E-state index in [-0.39, 0.29) is 11.8 Å². The second kappa shape index (κ2) is 8.50. The van der Waals surface area contributed by atoms with Crippen LogP contribution in [-0.4, -0.2) is 25.0 Å². The molecule has 1 aliphatic heterocycles. The highest BCUT2D eigenvalue weighted by molar-refractivity contribution is 6.06. The first-order valence-corrected chi connectivity index (χ1v) is 10.6. The molecule has 0 fully saturated rings. The quantitative estimate of drug-likeness (QED) is 0.725. The molecule has 30 heavy (non-hydrogen) atoms. The number of nitrogens with one attached hydrogen (secondary N) is 1. The fraction of sp³-hybridized carbons (Fsp3) is 0.440. The number of carbonyl (C=O) groups excluding carboxylic acids is 2. The molecule has 1 N–H and O–H groups in total. The molecule has 0 unspecified atom stereocenters. The number of ether oxygens (including phenoxy) is 1. The summed E-state index contributed by atoms with van der Waals surface area (Å²) in [4.78, 5) is 27.9. The average molecular weight is 409 g/mol. The van der Waals surface area contributed by atoms with Gasteiger partial charge >= 0.3 is 0 Å². The highest BCUT2D eigenvalue weighted by atomic mass is 16.5. The van der Waals surface area contributed by atoms with Crippen molar-refractivity contribution in [1.82, 2.24) is 0 Å². The number of amides is 2. The second-order valence-electron chi connectivity index (χ2n) is 9.27. The number of rotatable bonds is 5. The topological polar surface area (TPSA) is 58.6 Å². The maximum Gasteiger partial charge on any atom is 0.255 e. The van der Waals surface area contributed by atoms with Crippen LogP contribution >= 0.6 is 0 Å². The van der Waals surface area contributed by atoms with Gasteiger partial charge in [0.25, 0.3) is 5.91 Å². The molecule has 0 aliphatic carbocycles. The van der Waals surface area contributed by atoms with Crippen molar-refractivity contribution in [2.45, 2.75) is 48.0 Å². The Kier molecular flexibility index (Phi) is 6.20. The fourth-order valence-corrected chi connectivity index (χ4v) is 3.60. The van der Waals surface area contributed by atoms with Gasteiger partial charge in [0.1, 0.15) is 12.4 Å². The minimum absolute atomic E-state index is 0.0414. The van der Waals surface area contributed by atoms with Crippen molar-refractivity contribution < 1.29 is 14.3 Å². The lowest BCUT2D eigenvalue weighted by atomic mass is 9.92. The highest BCUT2D eigenvalue weighted by Crippen LogP contribution is 2.38. The Morgan fingerprint density at radius 1 is 1.17 bits per heavy atom. The van der Waals surface area contributed by atoms with Gasteiger partial charge in [0.15, 0.2) is 0 Å². The summed E-state index contributed by atoms with van der Waals surface area (Å²) in [6.45, 7) is 13.0. The van der Waals surface area contributed by atoms with E-state index in [0.717, 1.165) is 17.5 Å². The molecule has 0 atom stereocenters. The van der Waals surface area contributed by atoms with Gasteiger partial charge in [-0.05, 0) is 69.9 Å². The molecule has 5 heteroatoms. The lowest BCUT2D eigenvalue weighted by Gasteiger charge is -2.28. The van der Waals surface area contributed by atoms with Crippen LogP contribution in [0.3, 0.4) is 0 Å². The summed E-state index contributed by atoms with van der Waals surface area (Å²) in [6, 6.07) is 11.3. The van der Waals surface area contributed by atoms with E-state index < -0.39 is 5.41 Å². The third kappa shape index (κ3) is 4.66. The van der Waals surface area contributed by atoms with E-state index >= 15 is 0 Å². The van der Waals surface area contributed by atoms with Gasteiger partial charge in [-0.15, -0.1) is 0 Å². The first-order valence-electron chi connectivity index (χ1n) is 10.6. The van der Waals surface area contributed by atoms with Crippen LogP contribution in [0.5, 0.6) is 5.75 Å². The number of benzene rings is 2. The van der Waals surface area contributed by atoms with Gasteiger partial charge in [0.05, 0.1) is 11.1 Å². The van der Waals surface area contributed by atoms with E-state index in [9.17, 15) is 9.59 Å². The van der Waals surface area contributed by atoms with E-state index in [1.54, 1.807) is 0 Å². The van der Waals surface area contributed by atoms with E-state index in [2.05, 4.69) is 19.2 Å². The molecule has 0 aromatic heterocycles. The molecule has 160 valence electrons. The van der Waals surface area contributed by atoms with Gasteiger partial charge < -0.3 is 15.0 Å². The molecule has 5 nitrogen and oxygen atoms in total. The molecule has 0 bridgehead atoms. The van der Waals surface area contributed by atoms with Crippen molar-refractivity contribution in [2.75, 3.05) is 23.4 Å². The van der Waals surface area contributed by atoms with E-state index in [4.69, 9.17) is 4.74 Å². The van der Waals surface area contributed by atoms with Crippen molar-refractivity contribution in [3.63, 3.8) is 0 Å². The number of nitrogens with zero attached hydrogens (tertiary/aromatic N) is 1. The summed E-state index contributed by atoms with van der Waals surface area (Å²) in [5.41, 5.74) is 3.43. The maximum atomic E-state index is 13.2. The lowest BCUT2D eigenvalue weighted by molar-refractivity contribution is -0.127. The Labute approximate surface area is 179 Å². The monoisotopic (exact) mass is 408 g/mol. The van der Waals surface area contributed by atoms with Gasteiger partial charge in [0.2, 0.25) is 5.91 Å². The molecule has 0 saturated carbocycles. The Bertz CT molecular complexity index is 963. The predicted molar refractivity (Wildman–Crippen MR) is 121 cm³/mol. The summed E-state index contributed by atoms with van der Waals surface area (Å²) in [6.07, 6.45) is 0.889. The fourth-order valence-electron chi connectivity index (χ4n) is 3.60. The summed E-state index contributed by atoms with van der Waals surface area (Å²) >= 11 is 0. The van der Waals surface area contributed by atoms with Crippen LogP contribution < -0.4 is 15.0 Å². The van der Waals surface area contributed by atoms with Crippen LogP contribution in [0.25, 0.3) is 0 Å². The van der Waals surface area contributed by atoms with Gasteiger partial charge in [-0.2, -0.15) is 0 Å². The number of aryl methyl sites for hydroxylation is 2. The molecule has 2 amide bonds. The average Bonchev–Trinajstić information content (AvgIpc) is 2.75. The van der Waals surface area contributed by atoms with Gasteiger partial charge in [-0.3, -0.25) is 9.59 Å². The molecule has 0 spiro atoms. The Balaban J connectivity index is 1.92. The minimum Gasteiger partial charge on any atom is -0.490 e. The molecule has 1 aliphatic rings. The van der Waals surface area contributed by atoms with Crippen molar-refractivity contribution in [2.24, 2.45) is 11.3 Å². The first-order chi connectivity index (χ1) is 14.1. The van der Waals surface area contributed by atoms with Crippen LogP contribution in [0.15, 0.2) is 36.4 Å². The first kappa shape index (κ1) is 21.9. The Hall–Kier alpha value is -2.82. The Morgan fingerprint density at radius 3 is 2.57 bits per heavy atom. The number of anilines is 2. The molecule has 2 aromatic rings. The molecule has 2 aromatic carbocycles. The van der Waals surface area contributed by atoms with Crippen LogP contribution in [0.4, 0.5) is 11.4 Å². The zero-order valence-electron chi connectivity index (χ0n) is 18.8. The standard InChI is InChI=1S/C25H32N2O3/c1-16(2)11-12-27-21-14-19(8-10-22(21)30-15-25(5,6)24(27)29)26-23(28)20-9-7-17(3)13-18(20)4/h7-10,13-14,16H,11-12,15H2,1-6H3,(H,26,28). The molecule has 0 saturated heterocycles. The maximum absolute atomic E-state index is 13.2. The van der Waals surface area contributed by atoms with Crippen molar-refractivity contribution >= 4 is 23.2 Å². The molecular formula is C25H32N2O3. The van der Waals surface area contributed by atoms with Crippen molar-refractivity contribution in [3.05, 3.63) is 53.1 Å². The summed E-state index contributed by atoms with van der Waals surface area (Å²) < 4.78 is 5.97. The van der Waals surface area contributed by atoms with Gasteiger partial charge in [0, 0.05) is 17.8 Å². The van der Waals surface area contributed by atoms with Crippen molar-refractivity contribution in [1.29, 1.82) is 0 Å². The third-order valence-electron chi connectivity index (χ3n) is 5.48. The number of carbonyl (C=O) groups is 2. The van der Waals surface area contributed by atoms with Gasteiger partial charge in [-0.1, -0.05) is 31.5 Å².